The van der Waals surface area contributed by atoms with Crippen LogP contribution in [0.5, 0.6) is 5.75 Å². The van der Waals surface area contributed by atoms with E-state index in [0.29, 0.717) is 4.91 Å². The molecule has 1 atom stereocenters. The smallest absolute Gasteiger partial charge is 0.327 e. The van der Waals surface area contributed by atoms with Crippen LogP contribution in [-0.4, -0.2) is 37.4 Å². The number of hydrogen-bond donors (Lipinski definition) is 2. The molecule has 1 aliphatic rings. The molecule has 1 heterocycles. The summed E-state index contributed by atoms with van der Waals surface area (Å²) in [5.74, 6) is -1.59. The third kappa shape index (κ3) is 3.31. The number of nitrogens with zero attached hydrogens (tertiary/aromatic N) is 1. The zero-order chi connectivity index (χ0) is 16.4. The molecule has 1 saturated heterocycles. The van der Waals surface area contributed by atoms with Crippen LogP contribution in [-0.2, 0) is 9.59 Å². The van der Waals surface area contributed by atoms with Crippen molar-refractivity contribution in [2.75, 3.05) is 0 Å². The largest absolute Gasteiger partial charge is 0.508 e. The lowest BCUT2D eigenvalue weighted by Gasteiger charge is -2.26. The number of phenols is 1. The van der Waals surface area contributed by atoms with Crippen molar-refractivity contribution in [3.8, 4) is 5.75 Å². The quantitative estimate of drug-likeness (QED) is 0.650. The first-order valence-electron chi connectivity index (χ1n) is 6.60. The van der Waals surface area contributed by atoms with E-state index in [9.17, 15) is 19.8 Å². The fourth-order valence-electron chi connectivity index (χ4n) is 2.14. The molecular formula is C15H15NO4S2. The average molecular weight is 337 g/mol. The van der Waals surface area contributed by atoms with E-state index < -0.39 is 17.9 Å². The maximum Gasteiger partial charge on any atom is 0.327 e. The number of thiocarbonyl (C=S) groups is 1. The van der Waals surface area contributed by atoms with Gasteiger partial charge in [-0.15, -0.1) is 0 Å². The van der Waals surface area contributed by atoms with Gasteiger partial charge in [-0.05, 0) is 29.7 Å². The van der Waals surface area contributed by atoms with Gasteiger partial charge in [-0.2, -0.15) is 0 Å². The highest BCUT2D eigenvalue weighted by Crippen LogP contribution is 2.35. The molecular weight excluding hydrogens is 322 g/mol. The van der Waals surface area contributed by atoms with Crippen LogP contribution in [0.15, 0.2) is 29.2 Å². The number of phenolic OH excluding ortho intramolecular Hbond substituents is 1. The summed E-state index contributed by atoms with van der Waals surface area (Å²) in [6.45, 7) is 3.47. The molecule has 2 rings (SSSR count). The zero-order valence-corrected chi connectivity index (χ0v) is 13.6. The van der Waals surface area contributed by atoms with Gasteiger partial charge < -0.3 is 10.2 Å². The Hall–Kier alpha value is -1.86. The summed E-state index contributed by atoms with van der Waals surface area (Å²) in [5, 5.41) is 18.6. The maximum absolute atomic E-state index is 12.5. The molecule has 1 unspecified atom stereocenters. The van der Waals surface area contributed by atoms with Gasteiger partial charge in [-0.1, -0.05) is 50.0 Å². The molecule has 0 spiro atoms. The Morgan fingerprint density at radius 3 is 2.41 bits per heavy atom. The Morgan fingerprint density at radius 2 is 1.91 bits per heavy atom. The summed E-state index contributed by atoms with van der Waals surface area (Å²) in [6.07, 6.45) is 1.64. The van der Waals surface area contributed by atoms with Gasteiger partial charge in [0, 0.05) is 0 Å². The van der Waals surface area contributed by atoms with Crippen molar-refractivity contribution in [2.24, 2.45) is 5.92 Å². The van der Waals surface area contributed by atoms with Crippen LogP contribution < -0.4 is 0 Å². The Balaban J connectivity index is 2.32. The van der Waals surface area contributed by atoms with Crippen molar-refractivity contribution in [2.45, 2.75) is 19.9 Å². The van der Waals surface area contributed by atoms with Gasteiger partial charge in [0.2, 0.25) is 0 Å². The molecule has 116 valence electrons. The second-order valence-corrected chi connectivity index (χ2v) is 6.85. The van der Waals surface area contributed by atoms with Crippen LogP contribution in [0.3, 0.4) is 0 Å². The Bertz CT molecular complexity index is 652. The zero-order valence-electron chi connectivity index (χ0n) is 12.0. The molecule has 5 nitrogen and oxygen atoms in total. The standard InChI is InChI=1S/C15H15NO4S2/c1-8(2)12(14(19)20)16-13(18)11(22-15(16)21)7-9-3-5-10(17)6-4-9/h3-8,12,17H,1-2H3,(H,19,20). The summed E-state index contributed by atoms with van der Waals surface area (Å²) in [5.41, 5.74) is 0.731. The van der Waals surface area contributed by atoms with Crippen molar-refractivity contribution in [1.82, 2.24) is 4.90 Å². The van der Waals surface area contributed by atoms with Gasteiger partial charge in [0.15, 0.2) is 0 Å². The van der Waals surface area contributed by atoms with Gasteiger partial charge in [-0.25, -0.2) is 4.79 Å². The summed E-state index contributed by atoms with van der Waals surface area (Å²) in [6, 6.07) is 5.39. The number of thioether (sulfide) groups is 1. The molecule has 0 saturated carbocycles. The second-order valence-electron chi connectivity index (χ2n) is 5.17. The lowest BCUT2D eigenvalue weighted by Crippen LogP contribution is -2.47. The number of aliphatic carboxylic acids is 1. The fourth-order valence-corrected chi connectivity index (χ4v) is 3.46. The van der Waals surface area contributed by atoms with Gasteiger partial charge in [0.25, 0.3) is 5.91 Å². The van der Waals surface area contributed by atoms with Crippen molar-refractivity contribution in [3.63, 3.8) is 0 Å². The summed E-state index contributed by atoms with van der Waals surface area (Å²) in [7, 11) is 0. The van der Waals surface area contributed by atoms with E-state index in [1.165, 1.54) is 17.0 Å². The van der Waals surface area contributed by atoms with Crippen LogP contribution >= 0.6 is 24.0 Å². The molecule has 22 heavy (non-hydrogen) atoms. The Kier molecular flexibility index (Phi) is 4.87. The molecule has 0 bridgehead atoms. The first-order valence-corrected chi connectivity index (χ1v) is 7.82. The van der Waals surface area contributed by atoms with E-state index >= 15 is 0 Å². The molecule has 0 aliphatic carbocycles. The third-order valence-electron chi connectivity index (χ3n) is 3.18. The highest BCUT2D eigenvalue weighted by Gasteiger charge is 2.41. The second kappa shape index (κ2) is 6.50. The first-order chi connectivity index (χ1) is 10.3. The predicted octanol–water partition coefficient (Wildman–Crippen LogP) is 2.70. The van der Waals surface area contributed by atoms with Crippen LogP contribution in [0, 0.1) is 5.92 Å². The number of carbonyl (C=O) groups is 2. The predicted molar refractivity (Wildman–Crippen MR) is 89.4 cm³/mol. The Morgan fingerprint density at radius 1 is 1.32 bits per heavy atom. The van der Waals surface area contributed by atoms with Crippen LogP contribution in [0.2, 0.25) is 0 Å². The van der Waals surface area contributed by atoms with E-state index in [1.807, 2.05) is 0 Å². The molecule has 1 aromatic rings. The third-order valence-corrected chi connectivity index (χ3v) is 4.51. The van der Waals surface area contributed by atoms with E-state index in [0.717, 1.165) is 17.3 Å². The number of carboxylic acids is 1. The van der Waals surface area contributed by atoms with E-state index in [1.54, 1.807) is 32.1 Å². The fraction of sp³-hybridized carbons (Fsp3) is 0.267. The highest BCUT2D eigenvalue weighted by molar-refractivity contribution is 8.26. The van der Waals surface area contributed by atoms with Crippen molar-refractivity contribution < 1.29 is 19.8 Å². The van der Waals surface area contributed by atoms with Crippen molar-refractivity contribution in [1.29, 1.82) is 0 Å². The van der Waals surface area contributed by atoms with Crippen LogP contribution in [0.4, 0.5) is 0 Å². The topological polar surface area (TPSA) is 77.8 Å². The van der Waals surface area contributed by atoms with Crippen LogP contribution in [0.1, 0.15) is 19.4 Å². The molecule has 0 radical (unpaired) electrons. The minimum absolute atomic E-state index is 0.135. The maximum atomic E-state index is 12.5. The molecule has 1 amide bonds. The lowest BCUT2D eigenvalue weighted by atomic mass is 10.0. The normalized spacial score (nSPS) is 18.3. The monoisotopic (exact) mass is 337 g/mol. The van der Waals surface area contributed by atoms with Gasteiger partial charge in [0.1, 0.15) is 16.1 Å². The first kappa shape index (κ1) is 16.5. The lowest BCUT2D eigenvalue weighted by molar-refractivity contribution is -0.146. The number of aromatic hydroxyl groups is 1. The molecule has 1 fully saturated rings. The molecule has 0 aromatic heterocycles. The number of carbonyl (C=O) groups excluding carboxylic acids is 1. The molecule has 7 heteroatoms. The van der Waals surface area contributed by atoms with Crippen LogP contribution in [0.25, 0.3) is 6.08 Å². The average Bonchev–Trinajstić information content (AvgIpc) is 2.69. The summed E-state index contributed by atoms with van der Waals surface area (Å²) >= 11 is 6.26. The SMILES string of the molecule is CC(C)C(C(=O)O)N1C(=O)C(=Cc2ccc(O)cc2)SC1=S. The van der Waals surface area contributed by atoms with Gasteiger partial charge in [0.05, 0.1) is 4.91 Å². The van der Waals surface area contributed by atoms with Gasteiger partial charge in [-0.3, -0.25) is 9.69 Å². The minimum Gasteiger partial charge on any atom is -0.508 e. The number of hydrogen-bond acceptors (Lipinski definition) is 5. The van der Waals surface area contributed by atoms with E-state index in [-0.39, 0.29) is 16.0 Å². The molecule has 1 aromatic carbocycles. The number of amides is 1. The minimum atomic E-state index is -1.07. The highest BCUT2D eigenvalue weighted by atomic mass is 32.2. The molecule has 1 aliphatic heterocycles. The van der Waals surface area contributed by atoms with Crippen molar-refractivity contribution >= 4 is 46.3 Å². The summed E-state index contributed by atoms with van der Waals surface area (Å²) in [4.78, 5) is 25.4. The van der Waals surface area contributed by atoms with E-state index in [4.69, 9.17) is 12.2 Å². The number of carboxylic acid groups (broad SMARTS) is 1. The van der Waals surface area contributed by atoms with Crippen molar-refractivity contribution in [3.05, 3.63) is 34.7 Å². The van der Waals surface area contributed by atoms with Gasteiger partial charge >= 0.3 is 5.97 Å². The summed E-state index contributed by atoms with van der Waals surface area (Å²) < 4.78 is 0.246. The number of rotatable bonds is 4. The molecule has 2 N–H and O–H groups in total. The van der Waals surface area contributed by atoms with E-state index in [2.05, 4.69) is 0 Å². The Labute approximate surface area is 137 Å². The number of benzene rings is 1.